The van der Waals surface area contributed by atoms with Gasteiger partial charge in [0, 0.05) is 17.3 Å². The molecule has 1 N–H and O–H groups in total. The Hall–Kier alpha value is -3.94. The number of carbonyl (C=O) groups is 1. The van der Waals surface area contributed by atoms with Crippen molar-refractivity contribution < 1.29 is 9.53 Å². The maximum atomic E-state index is 12.8. The Morgan fingerprint density at radius 2 is 1.87 bits per heavy atom. The lowest BCUT2D eigenvalue weighted by Gasteiger charge is -2.09. The van der Waals surface area contributed by atoms with E-state index in [0.29, 0.717) is 17.2 Å². The quantitative estimate of drug-likeness (QED) is 0.521. The fourth-order valence-electron chi connectivity index (χ4n) is 3.49. The molecule has 8 nitrogen and oxygen atoms in total. The van der Waals surface area contributed by atoms with Gasteiger partial charge >= 0.3 is 5.69 Å². The molecule has 1 amide bonds. The standard InChI is InChI=1S/C23H23N5O3/c1-4-16-7-5-6-8-19(16)25-22(29)14-27-23(30)28-15(2)24-20(13-21(28)26-27)17-9-11-18(31-3)12-10-17/h5-13H,4,14H2,1-3H3,(H,25,29). The topological polar surface area (TPSA) is 90.5 Å². The average molecular weight is 417 g/mol. The number of carbonyl (C=O) groups excluding carboxylic acids is 1. The summed E-state index contributed by atoms with van der Waals surface area (Å²) in [5.74, 6) is 0.932. The third-order valence-corrected chi connectivity index (χ3v) is 5.09. The highest BCUT2D eigenvalue weighted by atomic mass is 16.5. The predicted molar refractivity (Wildman–Crippen MR) is 118 cm³/mol. The summed E-state index contributed by atoms with van der Waals surface area (Å²) in [5.41, 5.74) is 3.37. The van der Waals surface area contributed by atoms with Gasteiger partial charge in [-0.25, -0.2) is 18.9 Å². The molecule has 0 aliphatic heterocycles. The first-order valence-electron chi connectivity index (χ1n) is 9.99. The molecule has 0 fully saturated rings. The van der Waals surface area contributed by atoms with E-state index in [4.69, 9.17) is 4.74 Å². The van der Waals surface area contributed by atoms with Crippen molar-refractivity contribution in [1.82, 2.24) is 19.2 Å². The molecule has 2 aromatic carbocycles. The number of benzene rings is 2. The zero-order valence-corrected chi connectivity index (χ0v) is 17.6. The number of aromatic nitrogens is 4. The monoisotopic (exact) mass is 417 g/mol. The normalized spacial score (nSPS) is 10.9. The van der Waals surface area contributed by atoms with Crippen LogP contribution in [0.1, 0.15) is 18.3 Å². The number of hydrogen-bond donors (Lipinski definition) is 1. The van der Waals surface area contributed by atoms with Crippen molar-refractivity contribution in [3.05, 3.63) is 76.5 Å². The van der Waals surface area contributed by atoms with Crippen LogP contribution < -0.4 is 15.7 Å². The number of para-hydroxylation sites is 1. The number of aryl methyl sites for hydroxylation is 2. The molecule has 0 unspecified atom stereocenters. The summed E-state index contributed by atoms with van der Waals surface area (Å²) in [4.78, 5) is 29.9. The number of methoxy groups -OCH3 is 1. The number of hydrogen-bond acceptors (Lipinski definition) is 5. The minimum absolute atomic E-state index is 0.185. The van der Waals surface area contributed by atoms with Crippen LogP contribution in [0.4, 0.5) is 5.69 Å². The van der Waals surface area contributed by atoms with Crippen LogP contribution in [0, 0.1) is 6.92 Å². The highest BCUT2D eigenvalue weighted by Gasteiger charge is 2.15. The van der Waals surface area contributed by atoms with Gasteiger partial charge in [0.2, 0.25) is 5.91 Å². The summed E-state index contributed by atoms with van der Waals surface area (Å²) in [5, 5.41) is 7.23. The summed E-state index contributed by atoms with van der Waals surface area (Å²) in [6.45, 7) is 3.58. The van der Waals surface area contributed by atoms with Crippen LogP contribution in [0.5, 0.6) is 5.75 Å². The summed E-state index contributed by atoms with van der Waals surface area (Å²) >= 11 is 0. The molecule has 158 valence electrons. The number of nitrogens with zero attached hydrogens (tertiary/aromatic N) is 4. The number of fused-ring (bicyclic) bond motifs is 1. The molecule has 0 aliphatic rings. The Balaban J connectivity index is 1.63. The molecule has 8 heteroatoms. The van der Waals surface area contributed by atoms with E-state index >= 15 is 0 Å². The van der Waals surface area contributed by atoms with Crippen molar-refractivity contribution in [3.8, 4) is 17.0 Å². The molecule has 31 heavy (non-hydrogen) atoms. The van der Waals surface area contributed by atoms with Gasteiger partial charge in [0.15, 0.2) is 5.65 Å². The van der Waals surface area contributed by atoms with Gasteiger partial charge in [-0.2, -0.15) is 0 Å². The van der Waals surface area contributed by atoms with E-state index < -0.39 is 5.69 Å². The largest absolute Gasteiger partial charge is 0.497 e. The molecule has 0 aliphatic carbocycles. The highest BCUT2D eigenvalue weighted by molar-refractivity contribution is 5.91. The summed E-state index contributed by atoms with van der Waals surface area (Å²) in [6, 6.07) is 16.8. The third-order valence-electron chi connectivity index (χ3n) is 5.09. The van der Waals surface area contributed by atoms with Crippen molar-refractivity contribution >= 4 is 17.2 Å². The van der Waals surface area contributed by atoms with Crippen LogP contribution >= 0.6 is 0 Å². The van der Waals surface area contributed by atoms with Crippen LogP contribution in [0.15, 0.2) is 59.4 Å². The van der Waals surface area contributed by atoms with Gasteiger partial charge in [0.1, 0.15) is 18.1 Å². The molecule has 2 heterocycles. The average Bonchev–Trinajstić information content (AvgIpc) is 3.09. The molecule has 0 atom stereocenters. The minimum Gasteiger partial charge on any atom is -0.497 e. The molecule has 0 radical (unpaired) electrons. The van der Waals surface area contributed by atoms with Crippen molar-refractivity contribution in [1.29, 1.82) is 0 Å². The Kier molecular flexibility index (Phi) is 5.53. The van der Waals surface area contributed by atoms with Crippen molar-refractivity contribution in [2.24, 2.45) is 0 Å². The predicted octanol–water partition coefficient (Wildman–Crippen LogP) is 3.08. The molecule has 4 aromatic rings. The molecule has 4 rings (SSSR count). The van der Waals surface area contributed by atoms with Gasteiger partial charge in [0.05, 0.1) is 12.8 Å². The number of nitrogens with one attached hydrogen (secondary N) is 1. The van der Waals surface area contributed by atoms with Gasteiger partial charge in [-0.15, -0.1) is 5.10 Å². The second kappa shape index (κ2) is 8.43. The van der Waals surface area contributed by atoms with Gasteiger partial charge < -0.3 is 10.1 Å². The Morgan fingerprint density at radius 1 is 1.13 bits per heavy atom. The Labute approximate surface area is 179 Å². The summed E-state index contributed by atoms with van der Waals surface area (Å²) in [6.07, 6.45) is 0.795. The molecule has 0 saturated carbocycles. The number of anilines is 1. The van der Waals surface area contributed by atoms with E-state index in [-0.39, 0.29) is 12.5 Å². The molecule has 2 aromatic heterocycles. The SMILES string of the molecule is CCc1ccccc1NC(=O)Cn1nc2cc(-c3ccc(OC)cc3)nc(C)n2c1=O. The fourth-order valence-corrected chi connectivity index (χ4v) is 3.49. The lowest BCUT2D eigenvalue weighted by atomic mass is 10.1. The van der Waals surface area contributed by atoms with E-state index in [1.807, 2.05) is 55.5 Å². The van der Waals surface area contributed by atoms with E-state index in [9.17, 15) is 9.59 Å². The van der Waals surface area contributed by atoms with Crippen LogP contribution in [0.3, 0.4) is 0 Å². The molecular formula is C23H23N5O3. The maximum Gasteiger partial charge on any atom is 0.352 e. The zero-order valence-electron chi connectivity index (χ0n) is 17.6. The number of amides is 1. The van der Waals surface area contributed by atoms with Gasteiger partial charge in [-0.3, -0.25) is 4.79 Å². The van der Waals surface area contributed by atoms with Crippen LogP contribution in [0.25, 0.3) is 16.9 Å². The summed E-state index contributed by atoms with van der Waals surface area (Å²) in [7, 11) is 1.61. The van der Waals surface area contributed by atoms with E-state index in [0.717, 1.165) is 33.7 Å². The Bertz CT molecular complexity index is 1310. The van der Waals surface area contributed by atoms with E-state index in [1.165, 1.54) is 4.40 Å². The van der Waals surface area contributed by atoms with Crippen molar-refractivity contribution in [2.75, 3.05) is 12.4 Å². The zero-order chi connectivity index (χ0) is 22.0. The highest BCUT2D eigenvalue weighted by Crippen LogP contribution is 2.22. The van der Waals surface area contributed by atoms with E-state index in [2.05, 4.69) is 15.4 Å². The second-order valence-electron chi connectivity index (χ2n) is 7.11. The van der Waals surface area contributed by atoms with Gasteiger partial charge in [0.25, 0.3) is 0 Å². The van der Waals surface area contributed by atoms with Crippen molar-refractivity contribution in [3.63, 3.8) is 0 Å². The first-order valence-corrected chi connectivity index (χ1v) is 9.99. The second-order valence-corrected chi connectivity index (χ2v) is 7.11. The van der Waals surface area contributed by atoms with Crippen LogP contribution in [-0.4, -0.2) is 32.2 Å². The smallest absolute Gasteiger partial charge is 0.352 e. The first kappa shape index (κ1) is 20.3. The van der Waals surface area contributed by atoms with Crippen molar-refractivity contribution in [2.45, 2.75) is 26.8 Å². The van der Waals surface area contributed by atoms with E-state index in [1.54, 1.807) is 20.1 Å². The number of rotatable bonds is 6. The van der Waals surface area contributed by atoms with Gasteiger partial charge in [-0.05, 0) is 49.2 Å². The lowest BCUT2D eigenvalue weighted by Crippen LogP contribution is -2.29. The molecule has 0 bridgehead atoms. The maximum absolute atomic E-state index is 12.8. The van der Waals surface area contributed by atoms with Crippen LogP contribution in [0.2, 0.25) is 0 Å². The first-order chi connectivity index (χ1) is 15.0. The lowest BCUT2D eigenvalue weighted by molar-refractivity contribution is -0.117. The van der Waals surface area contributed by atoms with Gasteiger partial charge in [-0.1, -0.05) is 25.1 Å². The Morgan fingerprint density at radius 3 is 2.58 bits per heavy atom. The fraction of sp³-hybridized carbons (Fsp3) is 0.217. The summed E-state index contributed by atoms with van der Waals surface area (Å²) < 4.78 is 7.75. The molecule has 0 spiro atoms. The molecular weight excluding hydrogens is 394 g/mol. The third kappa shape index (κ3) is 4.05. The number of ether oxygens (including phenoxy) is 1. The minimum atomic E-state index is -0.403. The van der Waals surface area contributed by atoms with Crippen LogP contribution in [-0.2, 0) is 17.8 Å². The molecule has 0 saturated heterocycles.